The Labute approximate surface area is 184 Å². The summed E-state index contributed by atoms with van der Waals surface area (Å²) in [6.45, 7) is 3.89. The van der Waals surface area contributed by atoms with Gasteiger partial charge in [-0.05, 0) is 43.0 Å². The molecule has 0 spiro atoms. The summed E-state index contributed by atoms with van der Waals surface area (Å²) in [4.78, 5) is 20.6. The van der Waals surface area contributed by atoms with Crippen LogP contribution >= 0.6 is 0 Å². The van der Waals surface area contributed by atoms with Gasteiger partial charge in [0, 0.05) is 23.5 Å². The van der Waals surface area contributed by atoms with E-state index in [4.69, 9.17) is 4.74 Å². The third-order valence-corrected chi connectivity index (χ3v) is 5.22. The SMILES string of the molecule is CCCCCCc1ccc(-c2ncc(-c3ccc(OC(C)C(=O)OC)cc3)cn2)cc1. The normalized spacial score (nSPS) is 11.7. The summed E-state index contributed by atoms with van der Waals surface area (Å²) in [6, 6.07) is 16.0. The zero-order chi connectivity index (χ0) is 22.1. The van der Waals surface area contributed by atoms with E-state index in [1.807, 2.05) is 36.7 Å². The highest BCUT2D eigenvalue weighted by Crippen LogP contribution is 2.24. The number of aryl methyl sites for hydroxylation is 1. The van der Waals surface area contributed by atoms with Crippen molar-refractivity contribution < 1.29 is 14.3 Å². The quantitative estimate of drug-likeness (QED) is 0.304. The van der Waals surface area contributed by atoms with Crippen molar-refractivity contribution in [1.29, 1.82) is 0 Å². The lowest BCUT2D eigenvalue weighted by Gasteiger charge is -2.12. The predicted octanol–water partition coefficient (Wildman–Crippen LogP) is 5.87. The van der Waals surface area contributed by atoms with E-state index in [2.05, 4.69) is 45.9 Å². The first-order valence-electron chi connectivity index (χ1n) is 10.9. The zero-order valence-corrected chi connectivity index (χ0v) is 18.5. The predicted molar refractivity (Wildman–Crippen MR) is 123 cm³/mol. The Morgan fingerprint density at radius 1 is 0.871 bits per heavy atom. The number of aromatic nitrogens is 2. The van der Waals surface area contributed by atoms with Gasteiger partial charge in [0.05, 0.1) is 7.11 Å². The van der Waals surface area contributed by atoms with Crippen molar-refractivity contribution in [2.24, 2.45) is 0 Å². The molecular weight excluding hydrogens is 388 g/mol. The lowest BCUT2D eigenvalue weighted by molar-refractivity contribution is -0.147. The molecule has 1 aromatic heterocycles. The van der Waals surface area contributed by atoms with Crippen LogP contribution in [0.4, 0.5) is 0 Å². The van der Waals surface area contributed by atoms with Crippen LogP contribution in [0.5, 0.6) is 5.75 Å². The molecule has 0 aliphatic heterocycles. The summed E-state index contributed by atoms with van der Waals surface area (Å²) in [5, 5.41) is 0. The van der Waals surface area contributed by atoms with Crippen molar-refractivity contribution >= 4 is 5.97 Å². The average Bonchev–Trinajstić information content (AvgIpc) is 2.82. The number of nitrogens with zero attached hydrogens (tertiary/aromatic N) is 2. The molecule has 0 fully saturated rings. The number of carbonyl (C=O) groups excluding carboxylic acids is 1. The summed E-state index contributed by atoms with van der Waals surface area (Å²) in [7, 11) is 1.35. The van der Waals surface area contributed by atoms with Gasteiger partial charge in [0.15, 0.2) is 11.9 Å². The number of benzene rings is 2. The van der Waals surface area contributed by atoms with Gasteiger partial charge in [-0.25, -0.2) is 14.8 Å². The van der Waals surface area contributed by atoms with Gasteiger partial charge in [-0.2, -0.15) is 0 Å². The molecule has 5 heteroatoms. The molecule has 0 aliphatic rings. The highest BCUT2D eigenvalue weighted by molar-refractivity contribution is 5.74. The van der Waals surface area contributed by atoms with Gasteiger partial charge in [-0.15, -0.1) is 0 Å². The molecule has 3 rings (SSSR count). The number of rotatable bonds is 10. The van der Waals surface area contributed by atoms with E-state index in [0.717, 1.165) is 23.1 Å². The maximum atomic E-state index is 11.5. The minimum atomic E-state index is -0.652. The second kappa shape index (κ2) is 11.3. The van der Waals surface area contributed by atoms with Crippen molar-refractivity contribution in [2.45, 2.75) is 52.1 Å². The van der Waals surface area contributed by atoms with Crippen LogP contribution in [0, 0.1) is 0 Å². The molecule has 5 nitrogen and oxygen atoms in total. The van der Waals surface area contributed by atoms with Crippen LogP contribution in [0.2, 0.25) is 0 Å². The maximum absolute atomic E-state index is 11.5. The summed E-state index contributed by atoms with van der Waals surface area (Å²) in [5.74, 6) is 0.916. The van der Waals surface area contributed by atoms with E-state index in [-0.39, 0.29) is 0 Å². The Bertz CT molecular complexity index is 951. The summed E-state index contributed by atoms with van der Waals surface area (Å²) in [5.41, 5.74) is 4.28. The molecular formula is C26H30N2O3. The van der Waals surface area contributed by atoms with E-state index in [1.54, 1.807) is 6.92 Å². The number of ether oxygens (including phenoxy) is 2. The number of esters is 1. The topological polar surface area (TPSA) is 61.3 Å². The van der Waals surface area contributed by atoms with Gasteiger partial charge in [0.2, 0.25) is 0 Å². The molecule has 0 saturated heterocycles. The smallest absolute Gasteiger partial charge is 0.346 e. The standard InChI is InChI=1S/C26H30N2O3/c1-4-5-6-7-8-20-9-11-22(12-10-20)25-27-17-23(18-28-25)21-13-15-24(16-14-21)31-19(2)26(29)30-3/h9-19H,4-8H2,1-3H3. The van der Waals surface area contributed by atoms with E-state index < -0.39 is 12.1 Å². The minimum Gasteiger partial charge on any atom is -0.479 e. The lowest BCUT2D eigenvalue weighted by atomic mass is 10.0. The van der Waals surface area contributed by atoms with Crippen LogP contribution in [-0.4, -0.2) is 29.2 Å². The summed E-state index contributed by atoms with van der Waals surface area (Å²) >= 11 is 0. The Kier molecular flexibility index (Phi) is 8.16. The van der Waals surface area contributed by atoms with Gasteiger partial charge in [-0.1, -0.05) is 62.6 Å². The molecule has 0 bridgehead atoms. The number of methoxy groups -OCH3 is 1. The van der Waals surface area contributed by atoms with Gasteiger partial charge in [0.25, 0.3) is 0 Å². The number of carbonyl (C=O) groups is 1. The third-order valence-electron chi connectivity index (χ3n) is 5.22. The fourth-order valence-electron chi connectivity index (χ4n) is 3.35. The first-order valence-corrected chi connectivity index (χ1v) is 10.9. The molecule has 0 amide bonds. The van der Waals surface area contributed by atoms with Crippen LogP contribution in [0.3, 0.4) is 0 Å². The molecule has 1 atom stereocenters. The second-order valence-corrected chi connectivity index (χ2v) is 7.61. The molecule has 162 valence electrons. The molecule has 1 unspecified atom stereocenters. The average molecular weight is 419 g/mol. The third kappa shape index (κ3) is 6.38. The van der Waals surface area contributed by atoms with Crippen LogP contribution in [0.15, 0.2) is 60.9 Å². The van der Waals surface area contributed by atoms with Crippen molar-refractivity contribution in [3.63, 3.8) is 0 Å². The fraction of sp³-hybridized carbons (Fsp3) is 0.346. The van der Waals surface area contributed by atoms with Crippen molar-refractivity contribution in [3.8, 4) is 28.3 Å². The number of hydrogen-bond acceptors (Lipinski definition) is 5. The van der Waals surface area contributed by atoms with Crippen molar-refractivity contribution in [1.82, 2.24) is 9.97 Å². The van der Waals surface area contributed by atoms with Crippen molar-refractivity contribution in [2.75, 3.05) is 7.11 Å². The largest absolute Gasteiger partial charge is 0.479 e. The Hall–Kier alpha value is -3.21. The molecule has 0 radical (unpaired) electrons. The maximum Gasteiger partial charge on any atom is 0.346 e. The summed E-state index contributed by atoms with van der Waals surface area (Å²) in [6.07, 6.45) is 9.23. The van der Waals surface area contributed by atoms with Gasteiger partial charge in [0.1, 0.15) is 5.75 Å². The Balaban J connectivity index is 1.61. The van der Waals surface area contributed by atoms with Gasteiger partial charge >= 0.3 is 5.97 Å². The van der Waals surface area contributed by atoms with E-state index in [1.165, 1.54) is 38.4 Å². The van der Waals surface area contributed by atoms with E-state index in [0.29, 0.717) is 11.6 Å². The van der Waals surface area contributed by atoms with Gasteiger partial charge in [-0.3, -0.25) is 0 Å². The molecule has 31 heavy (non-hydrogen) atoms. The number of hydrogen-bond donors (Lipinski definition) is 0. The number of unbranched alkanes of at least 4 members (excludes halogenated alkanes) is 3. The molecule has 3 aromatic rings. The molecule has 1 heterocycles. The Morgan fingerprint density at radius 3 is 2.13 bits per heavy atom. The zero-order valence-electron chi connectivity index (χ0n) is 18.5. The van der Waals surface area contributed by atoms with Crippen LogP contribution in [0.1, 0.15) is 45.1 Å². The van der Waals surface area contributed by atoms with Crippen LogP contribution < -0.4 is 4.74 Å². The first kappa shape index (κ1) is 22.5. The minimum absolute atomic E-state index is 0.405. The highest BCUT2D eigenvalue weighted by Gasteiger charge is 2.14. The monoisotopic (exact) mass is 418 g/mol. The van der Waals surface area contributed by atoms with E-state index >= 15 is 0 Å². The second-order valence-electron chi connectivity index (χ2n) is 7.61. The van der Waals surface area contributed by atoms with E-state index in [9.17, 15) is 4.79 Å². The van der Waals surface area contributed by atoms with Gasteiger partial charge < -0.3 is 9.47 Å². The summed E-state index contributed by atoms with van der Waals surface area (Å²) < 4.78 is 10.3. The lowest BCUT2D eigenvalue weighted by Crippen LogP contribution is -2.24. The first-order chi connectivity index (χ1) is 15.1. The molecule has 0 aliphatic carbocycles. The Morgan fingerprint density at radius 2 is 1.52 bits per heavy atom. The van der Waals surface area contributed by atoms with Crippen LogP contribution in [0.25, 0.3) is 22.5 Å². The molecule has 0 saturated carbocycles. The molecule has 2 aromatic carbocycles. The highest BCUT2D eigenvalue weighted by atomic mass is 16.6. The molecule has 0 N–H and O–H groups in total. The fourth-order valence-corrected chi connectivity index (χ4v) is 3.35. The van der Waals surface area contributed by atoms with Crippen molar-refractivity contribution in [3.05, 3.63) is 66.5 Å². The van der Waals surface area contributed by atoms with Crippen LogP contribution in [-0.2, 0) is 16.0 Å².